The van der Waals surface area contributed by atoms with E-state index in [1.54, 1.807) is 0 Å². The minimum atomic E-state index is -0.122. The van der Waals surface area contributed by atoms with E-state index in [-0.39, 0.29) is 11.5 Å². The number of rotatable bonds is 0. The monoisotopic (exact) mass is 288 g/mol. The Morgan fingerprint density at radius 2 is 1.81 bits per heavy atom. The number of fused-ring (bicyclic) bond motifs is 5. The lowest BCUT2D eigenvalue weighted by molar-refractivity contribution is -0.132. The summed E-state index contributed by atoms with van der Waals surface area (Å²) in [5.41, 5.74) is 1.81. The van der Waals surface area contributed by atoms with E-state index in [1.165, 1.54) is 12.0 Å². The van der Waals surface area contributed by atoms with Gasteiger partial charge in [0.25, 0.3) is 0 Å². The van der Waals surface area contributed by atoms with Gasteiger partial charge in [-0.3, -0.25) is 4.79 Å². The van der Waals surface area contributed by atoms with Gasteiger partial charge in [0, 0.05) is 11.8 Å². The zero-order valence-electron chi connectivity index (χ0n) is 13.4. The number of aliphatic hydroxyl groups is 1. The fourth-order valence-electron chi connectivity index (χ4n) is 6.41. The standard InChI is InChI=1S/C19H28O2/c1-18-9-7-13(20)11-12(18)3-4-14-15-5-6-17(21)19(15,2)10-8-16(14)18/h3,13-16,20H,4-11H2,1-2H3/t13-,14+,15-,16+,18+,19+/m1/s1. The van der Waals surface area contributed by atoms with Crippen molar-refractivity contribution in [3.05, 3.63) is 11.6 Å². The number of carbonyl (C=O) groups is 1. The Kier molecular flexibility index (Phi) is 2.96. The predicted molar refractivity (Wildman–Crippen MR) is 82.7 cm³/mol. The van der Waals surface area contributed by atoms with Crippen LogP contribution in [0.15, 0.2) is 11.6 Å². The second-order valence-electron chi connectivity index (χ2n) is 8.57. The fraction of sp³-hybridized carbons (Fsp3) is 0.842. The van der Waals surface area contributed by atoms with Crippen LogP contribution in [-0.2, 0) is 4.79 Å². The molecule has 0 aromatic rings. The normalized spacial score (nSPS) is 52.7. The summed E-state index contributed by atoms with van der Waals surface area (Å²) in [6.45, 7) is 4.69. The molecule has 0 unspecified atom stereocenters. The van der Waals surface area contributed by atoms with Crippen LogP contribution in [0.3, 0.4) is 0 Å². The van der Waals surface area contributed by atoms with Gasteiger partial charge in [-0.2, -0.15) is 0 Å². The molecule has 6 atom stereocenters. The molecule has 0 radical (unpaired) electrons. The van der Waals surface area contributed by atoms with E-state index in [2.05, 4.69) is 19.9 Å². The summed E-state index contributed by atoms with van der Waals surface area (Å²) in [5.74, 6) is 2.60. The van der Waals surface area contributed by atoms with Gasteiger partial charge < -0.3 is 5.11 Å². The maximum absolute atomic E-state index is 12.4. The van der Waals surface area contributed by atoms with Crippen LogP contribution in [0.4, 0.5) is 0 Å². The van der Waals surface area contributed by atoms with Crippen molar-refractivity contribution in [3.63, 3.8) is 0 Å². The van der Waals surface area contributed by atoms with Crippen LogP contribution in [0.5, 0.6) is 0 Å². The Morgan fingerprint density at radius 1 is 1.10 bits per heavy atom. The molecule has 4 aliphatic rings. The highest BCUT2D eigenvalue weighted by Crippen LogP contribution is 2.63. The molecule has 0 bridgehead atoms. The van der Waals surface area contributed by atoms with Gasteiger partial charge in [0.2, 0.25) is 0 Å². The average molecular weight is 288 g/mol. The molecule has 3 saturated carbocycles. The van der Waals surface area contributed by atoms with Crippen LogP contribution >= 0.6 is 0 Å². The van der Waals surface area contributed by atoms with Gasteiger partial charge in [-0.25, -0.2) is 0 Å². The van der Waals surface area contributed by atoms with Crippen molar-refractivity contribution in [1.29, 1.82) is 0 Å². The Hall–Kier alpha value is -0.630. The summed E-state index contributed by atoms with van der Waals surface area (Å²) < 4.78 is 0. The average Bonchev–Trinajstić information content (AvgIpc) is 2.76. The molecule has 0 amide bonds. The maximum Gasteiger partial charge on any atom is 0.139 e. The number of Topliss-reactive ketones (excluding diaryl/α,β-unsaturated/α-hetero) is 1. The van der Waals surface area contributed by atoms with Crippen LogP contribution in [0.25, 0.3) is 0 Å². The van der Waals surface area contributed by atoms with Crippen molar-refractivity contribution in [2.24, 2.45) is 28.6 Å². The van der Waals surface area contributed by atoms with Crippen molar-refractivity contribution in [2.45, 2.75) is 71.3 Å². The van der Waals surface area contributed by atoms with Gasteiger partial charge in [0.1, 0.15) is 5.78 Å². The fourth-order valence-corrected chi connectivity index (χ4v) is 6.41. The number of aliphatic hydroxyl groups excluding tert-OH is 1. The summed E-state index contributed by atoms with van der Waals surface area (Å²) >= 11 is 0. The van der Waals surface area contributed by atoms with Gasteiger partial charge >= 0.3 is 0 Å². The highest BCUT2D eigenvalue weighted by Gasteiger charge is 2.58. The molecule has 0 spiro atoms. The third kappa shape index (κ3) is 1.78. The highest BCUT2D eigenvalue weighted by atomic mass is 16.3. The molecule has 4 aliphatic carbocycles. The minimum absolute atomic E-state index is 0.0168. The van der Waals surface area contributed by atoms with Crippen molar-refractivity contribution < 1.29 is 9.90 Å². The molecular formula is C19H28O2. The molecule has 0 heterocycles. The quantitative estimate of drug-likeness (QED) is 0.687. The molecule has 4 rings (SSSR count). The summed E-state index contributed by atoms with van der Waals surface area (Å²) in [7, 11) is 0. The first kappa shape index (κ1) is 14.0. The summed E-state index contributed by atoms with van der Waals surface area (Å²) in [5, 5.41) is 10.00. The van der Waals surface area contributed by atoms with Crippen molar-refractivity contribution in [3.8, 4) is 0 Å². The van der Waals surface area contributed by atoms with Gasteiger partial charge in [-0.05, 0) is 68.1 Å². The minimum Gasteiger partial charge on any atom is -0.393 e. The SMILES string of the molecule is C[C@]12CC[C@@H](O)CC1=CC[C@H]1[C@H]3CCC(=O)[C@@]3(C)CC[C@@H]12. The van der Waals surface area contributed by atoms with Crippen LogP contribution < -0.4 is 0 Å². The number of carbonyl (C=O) groups excluding carboxylic acids is 1. The largest absolute Gasteiger partial charge is 0.393 e. The first-order chi connectivity index (χ1) is 9.95. The molecule has 0 aromatic heterocycles. The zero-order chi connectivity index (χ0) is 14.8. The molecule has 0 aromatic carbocycles. The number of ketones is 1. The Morgan fingerprint density at radius 3 is 2.62 bits per heavy atom. The second-order valence-corrected chi connectivity index (χ2v) is 8.57. The molecule has 0 saturated heterocycles. The van der Waals surface area contributed by atoms with Crippen molar-refractivity contribution in [2.75, 3.05) is 0 Å². The number of hydrogen-bond acceptors (Lipinski definition) is 2. The Labute approximate surface area is 128 Å². The van der Waals surface area contributed by atoms with E-state index in [0.29, 0.717) is 23.0 Å². The molecule has 116 valence electrons. The number of hydrogen-bond donors (Lipinski definition) is 1. The van der Waals surface area contributed by atoms with Gasteiger partial charge in [0.15, 0.2) is 0 Å². The van der Waals surface area contributed by atoms with Crippen LogP contribution in [0.2, 0.25) is 0 Å². The van der Waals surface area contributed by atoms with E-state index in [0.717, 1.165) is 50.9 Å². The van der Waals surface area contributed by atoms with Crippen LogP contribution in [0.1, 0.15) is 65.2 Å². The highest BCUT2D eigenvalue weighted by molar-refractivity contribution is 5.87. The Bertz CT molecular complexity index is 508. The third-order valence-corrected chi connectivity index (χ3v) is 7.79. The lowest BCUT2D eigenvalue weighted by atomic mass is 9.48. The summed E-state index contributed by atoms with van der Waals surface area (Å²) in [6.07, 6.45) is 10.7. The first-order valence-electron chi connectivity index (χ1n) is 8.86. The molecule has 1 N–H and O–H groups in total. The van der Waals surface area contributed by atoms with E-state index in [9.17, 15) is 9.90 Å². The van der Waals surface area contributed by atoms with E-state index in [1.807, 2.05) is 0 Å². The van der Waals surface area contributed by atoms with E-state index < -0.39 is 0 Å². The lowest BCUT2D eigenvalue weighted by Crippen LogP contribution is -2.50. The van der Waals surface area contributed by atoms with Crippen LogP contribution in [0, 0.1) is 28.6 Å². The maximum atomic E-state index is 12.4. The molecule has 2 heteroatoms. The van der Waals surface area contributed by atoms with E-state index in [4.69, 9.17) is 0 Å². The molecule has 21 heavy (non-hydrogen) atoms. The van der Waals surface area contributed by atoms with Gasteiger partial charge in [-0.15, -0.1) is 0 Å². The lowest BCUT2D eigenvalue weighted by Gasteiger charge is -2.56. The van der Waals surface area contributed by atoms with E-state index >= 15 is 0 Å². The van der Waals surface area contributed by atoms with Crippen molar-refractivity contribution >= 4 is 5.78 Å². The predicted octanol–water partition coefficient (Wildman–Crippen LogP) is 3.88. The van der Waals surface area contributed by atoms with Crippen LogP contribution in [-0.4, -0.2) is 17.0 Å². The topological polar surface area (TPSA) is 37.3 Å². The molecule has 2 nitrogen and oxygen atoms in total. The number of allylic oxidation sites excluding steroid dienone is 1. The van der Waals surface area contributed by atoms with Gasteiger partial charge in [-0.1, -0.05) is 25.5 Å². The Balaban J connectivity index is 1.69. The molecular weight excluding hydrogens is 260 g/mol. The smallest absolute Gasteiger partial charge is 0.139 e. The second kappa shape index (κ2) is 4.44. The van der Waals surface area contributed by atoms with Crippen molar-refractivity contribution in [1.82, 2.24) is 0 Å². The summed E-state index contributed by atoms with van der Waals surface area (Å²) in [4.78, 5) is 12.4. The molecule has 0 aliphatic heterocycles. The summed E-state index contributed by atoms with van der Waals surface area (Å²) in [6, 6.07) is 0. The zero-order valence-corrected chi connectivity index (χ0v) is 13.4. The third-order valence-electron chi connectivity index (χ3n) is 7.79. The first-order valence-corrected chi connectivity index (χ1v) is 8.86. The molecule has 3 fully saturated rings. The van der Waals surface area contributed by atoms with Gasteiger partial charge in [0.05, 0.1) is 6.10 Å².